The van der Waals surface area contributed by atoms with E-state index in [9.17, 15) is 9.59 Å². The van der Waals surface area contributed by atoms with Crippen molar-refractivity contribution < 1.29 is 9.59 Å². The summed E-state index contributed by atoms with van der Waals surface area (Å²) in [5, 5.41) is 5.54. The molecule has 1 saturated heterocycles. The molecule has 1 unspecified atom stereocenters. The minimum atomic E-state index is 0.0984. The zero-order chi connectivity index (χ0) is 22.3. The molecule has 2 aromatic heterocycles. The lowest BCUT2D eigenvalue weighted by molar-refractivity contribution is -0.134. The summed E-state index contributed by atoms with van der Waals surface area (Å²) in [5.74, 6) is 0.631. The number of rotatable bonds is 8. The van der Waals surface area contributed by atoms with Crippen LogP contribution in [0.25, 0.3) is 10.9 Å². The summed E-state index contributed by atoms with van der Waals surface area (Å²) in [5.41, 5.74) is 1.90. The van der Waals surface area contributed by atoms with Crippen LogP contribution in [0.4, 0.5) is 0 Å². The van der Waals surface area contributed by atoms with Gasteiger partial charge in [0, 0.05) is 63.0 Å². The second-order valence-electron chi connectivity index (χ2n) is 8.66. The molecule has 168 valence electrons. The van der Waals surface area contributed by atoms with Crippen molar-refractivity contribution in [3.05, 3.63) is 60.6 Å². The Hall–Kier alpha value is -3.22. The van der Waals surface area contributed by atoms with Crippen molar-refractivity contribution in [3.63, 3.8) is 0 Å². The summed E-state index contributed by atoms with van der Waals surface area (Å²) in [6.07, 6.45) is 7.87. The van der Waals surface area contributed by atoms with Crippen LogP contribution < -0.4 is 0 Å². The van der Waals surface area contributed by atoms with Gasteiger partial charge in [0.15, 0.2) is 0 Å². The van der Waals surface area contributed by atoms with E-state index in [2.05, 4.69) is 10.1 Å². The predicted molar refractivity (Wildman–Crippen MR) is 124 cm³/mol. The van der Waals surface area contributed by atoms with E-state index in [0.29, 0.717) is 18.9 Å². The smallest absolute Gasteiger partial charge is 0.244 e. The fraction of sp³-hybridized carbons (Fsp3) is 0.440. The van der Waals surface area contributed by atoms with Crippen molar-refractivity contribution in [2.24, 2.45) is 5.92 Å². The maximum atomic E-state index is 12.8. The average Bonchev–Trinajstić information content (AvgIpc) is 3.24. The molecule has 0 spiro atoms. The number of carbonyl (C=O) groups excluding carboxylic acids is 2. The Morgan fingerprint density at radius 3 is 2.81 bits per heavy atom. The van der Waals surface area contributed by atoms with Gasteiger partial charge in [0.05, 0.1) is 5.52 Å². The molecular formula is C25H31N5O2. The molecule has 7 nitrogen and oxygen atoms in total. The number of piperidine rings is 1. The maximum Gasteiger partial charge on any atom is 0.244 e. The summed E-state index contributed by atoms with van der Waals surface area (Å²) < 4.78 is 1.73. The molecule has 0 bridgehead atoms. The van der Waals surface area contributed by atoms with E-state index in [1.165, 1.54) is 0 Å². The SMILES string of the molecule is CN(CCc1ccccn1)C(=O)CCC1CCCN(C(=O)Cn2cc3ccccc3n2)C1. The van der Waals surface area contributed by atoms with Gasteiger partial charge in [0.1, 0.15) is 6.54 Å². The molecule has 32 heavy (non-hydrogen) atoms. The molecule has 1 atom stereocenters. The van der Waals surface area contributed by atoms with Gasteiger partial charge >= 0.3 is 0 Å². The van der Waals surface area contributed by atoms with Gasteiger partial charge in [-0.1, -0.05) is 24.3 Å². The number of likely N-dealkylation sites (tertiary alicyclic amines) is 1. The van der Waals surface area contributed by atoms with E-state index in [4.69, 9.17) is 0 Å². The molecule has 3 aromatic rings. The summed E-state index contributed by atoms with van der Waals surface area (Å²) in [6, 6.07) is 13.7. The van der Waals surface area contributed by atoms with Crippen molar-refractivity contribution in [2.75, 3.05) is 26.7 Å². The summed E-state index contributed by atoms with van der Waals surface area (Å²) in [6.45, 7) is 2.44. The topological polar surface area (TPSA) is 71.3 Å². The minimum Gasteiger partial charge on any atom is -0.345 e. The van der Waals surface area contributed by atoms with E-state index < -0.39 is 0 Å². The zero-order valence-electron chi connectivity index (χ0n) is 18.7. The highest BCUT2D eigenvalue weighted by atomic mass is 16.2. The lowest BCUT2D eigenvalue weighted by atomic mass is 9.93. The first-order valence-corrected chi connectivity index (χ1v) is 11.4. The van der Waals surface area contributed by atoms with Crippen LogP contribution in [0.3, 0.4) is 0 Å². The Bertz CT molecular complexity index is 1020. The van der Waals surface area contributed by atoms with Gasteiger partial charge in [-0.2, -0.15) is 5.10 Å². The lowest BCUT2D eigenvalue weighted by Gasteiger charge is -2.33. The Morgan fingerprint density at radius 1 is 1.16 bits per heavy atom. The molecule has 3 heterocycles. The molecule has 7 heteroatoms. The molecule has 0 radical (unpaired) electrons. The number of hydrogen-bond donors (Lipinski definition) is 0. The number of likely N-dealkylation sites (N-methyl/N-ethyl adjacent to an activating group) is 1. The zero-order valence-corrected chi connectivity index (χ0v) is 18.7. The maximum absolute atomic E-state index is 12.8. The molecule has 1 fully saturated rings. The Kier molecular flexibility index (Phi) is 7.14. The number of amides is 2. The first-order valence-electron chi connectivity index (χ1n) is 11.4. The minimum absolute atomic E-state index is 0.0984. The van der Waals surface area contributed by atoms with Gasteiger partial charge in [-0.15, -0.1) is 0 Å². The summed E-state index contributed by atoms with van der Waals surface area (Å²) in [4.78, 5) is 33.5. The van der Waals surface area contributed by atoms with Gasteiger partial charge in [0.2, 0.25) is 11.8 Å². The quantitative estimate of drug-likeness (QED) is 0.547. The van der Waals surface area contributed by atoms with E-state index >= 15 is 0 Å². The van der Waals surface area contributed by atoms with Crippen molar-refractivity contribution in [3.8, 4) is 0 Å². The normalized spacial score (nSPS) is 16.3. The first-order chi connectivity index (χ1) is 15.6. The number of carbonyl (C=O) groups is 2. The fourth-order valence-corrected chi connectivity index (χ4v) is 4.33. The number of fused-ring (bicyclic) bond motifs is 1. The van der Waals surface area contributed by atoms with Crippen molar-refractivity contribution in [1.29, 1.82) is 0 Å². The second kappa shape index (κ2) is 10.4. The van der Waals surface area contributed by atoms with Crippen LogP contribution in [0.1, 0.15) is 31.4 Å². The number of hydrogen-bond acceptors (Lipinski definition) is 4. The van der Waals surface area contributed by atoms with Crippen LogP contribution in [-0.2, 0) is 22.6 Å². The third-order valence-corrected chi connectivity index (χ3v) is 6.25. The number of pyridine rings is 1. The lowest BCUT2D eigenvalue weighted by Crippen LogP contribution is -2.42. The van der Waals surface area contributed by atoms with Gasteiger partial charge in [-0.3, -0.25) is 19.3 Å². The standard InChI is InChI=1S/C25H31N5O2/c1-28(16-13-22-9-4-5-14-26-22)24(31)12-11-20-7-6-15-29(17-20)25(32)19-30-18-21-8-2-3-10-23(21)27-30/h2-5,8-10,14,18,20H,6-7,11-13,15-17,19H2,1H3. The Labute approximate surface area is 189 Å². The monoisotopic (exact) mass is 433 g/mol. The molecule has 0 aliphatic carbocycles. The van der Waals surface area contributed by atoms with Crippen LogP contribution in [0.2, 0.25) is 0 Å². The Morgan fingerprint density at radius 2 is 2.00 bits per heavy atom. The van der Waals surface area contributed by atoms with Crippen molar-refractivity contribution in [1.82, 2.24) is 24.6 Å². The molecule has 1 aliphatic rings. The van der Waals surface area contributed by atoms with E-state index in [1.54, 1.807) is 15.8 Å². The van der Waals surface area contributed by atoms with Crippen LogP contribution in [0.15, 0.2) is 54.9 Å². The van der Waals surface area contributed by atoms with Gasteiger partial charge in [0.25, 0.3) is 0 Å². The number of aromatic nitrogens is 3. The highest BCUT2D eigenvalue weighted by Gasteiger charge is 2.25. The van der Waals surface area contributed by atoms with Crippen molar-refractivity contribution >= 4 is 22.7 Å². The largest absolute Gasteiger partial charge is 0.345 e. The molecular weight excluding hydrogens is 402 g/mol. The summed E-state index contributed by atoms with van der Waals surface area (Å²) in [7, 11) is 1.86. The summed E-state index contributed by atoms with van der Waals surface area (Å²) >= 11 is 0. The Balaban J connectivity index is 1.22. The molecule has 0 saturated carbocycles. The number of nitrogens with zero attached hydrogens (tertiary/aromatic N) is 5. The highest BCUT2D eigenvalue weighted by Crippen LogP contribution is 2.22. The van der Waals surface area contributed by atoms with Crippen LogP contribution in [0.5, 0.6) is 0 Å². The van der Waals surface area contributed by atoms with Crippen LogP contribution >= 0.6 is 0 Å². The first kappa shape index (κ1) is 22.0. The van der Waals surface area contributed by atoms with Gasteiger partial charge in [-0.25, -0.2) is 0 Å². The van der Waals surface area contributed by atoms with E-state index in [0.717, 1.165) is 55.4 Å². The van der Waals surface area contributed by atoms with Gasteiger partial charge in [-0.05, 0) is 43.4 Å². The third-order valence-electron chi connectivity index (χ3n) is 6.25. The molecule has 0 N–H and O–H groups in total. The fourth-order valence-electron chi connectivity index (χ4n) is 4.33. The van der Waals surface area contributed by atoms with Gasteiger partial charge < -0.3 is 9.80 Å². The third kappa shape index (κ3) is 5.72. The van der Waals surface area contributed by atoms with Crippen LogP contribution in [0, 0.1) is 5.92 Å². The van der Waals surface area contributed by atoms with E-state index in [1.807, 2.05) is 60.6 Å². The second-order valence-corrected chi connectivity index (χ2v) is 8.66. The molecule has 1 aliphatic heterocycles. The molecule has 2 amide bonds. The predicted octanol–water partition coefficient (Wildman–Crippen LogP) is 3.15. The average molecular weight is 434 g/mol. The highest BCUT2D eigenvalue weighted by molar-refractivity contribution is 5.80. The van der Waals surface area contributed by atoms with Crippen LogP contribution in [-0.4, -0.2) is 63.1 Å². The molecule has 4 rings (SSSR count). The van der Waals surface area contributed by atoms with E-state index in [-0.39, 0.29) is 18.4 Å². The van der Waals surface area contributed by atoms with Crippen molar-refractivity contribution in [2.45, 2.75) is 38.6 Å². The number of benzene rings is 1. The molecule has 1 aromatic carbocycles.